The first-order valence-electron chi connectivity index (χ1n) is 8.78. The monoisotopic (exact) mass is 420 g/mol. The molecule has 0 saturated carbocycles. The van der Waals surface area contributed by atoms with Crippen LogP contribution in [0.25, 0.3) is 33.6 Å². The molecule has 0 fully saturated rings. The van der Waals surface area contributed by atoms with Crippen LogP contribution in [0.15, 0.2) is 59.0 Å². The molecule has 0 aliphatic rings. The first kappa shape index (κ1) is 17.8. The van der Waals surface area contributed by atoms with Crippen molar-refractivity contribution in [2.75, 3.05) is 5.32 Å². The van der Waals surface area contributed by atoms with E-state index in [0.717, 1.165) is 28.4 Å². The maximum absolute atomic E-state index is 12.6. The number of hydrogen-bond donors (Lipinski definition) is 1. The number of fused-ring (bicyclic) bond motifs is 2. The highest BCUT2D eigenvalue weighted by Crippen LogP contribution is 2.29. The van der Waals surface area contributed by atoms with E-state index >= 15 is 0 Å². The van der Waals surface area contributed by atoms with Gasteiger partial charge in [-0.25, -0.2) is 4.98 Å². The van der Waals surface area contributed by atoms with Crippen molar-refractivity contribution in [3.05, 3.63) is 70.7 Å². The summed E-state index contributed by atoms with van der Waals surface area (Å²) < 4.78 is 14.2. The number of aryl methyl sites for hydroxylation is 1. The minimum atomic E-state index is -0.228. The maximum atomic E-state index is 12.6. The molecule has 29 heavy (non-hydrogen) atoms. The first-order valence-corrected chi connectivity index (χ1v) is 9.88. The van der Waals surface area contributed by atoms with Gasteiger partial charge in [-0.2, -0.15) is 8.75 Å². The lowest BCUT2D eigenvalue weighted by Gasteiger charge is -2.04. The summed E-state index contributed by atoms with van der Waals surface area (Å²) in [5, 5.41) is 3.54. The second-order valence-corrected chi connectivity index (χ2v) is 7.52. The quantitative estimate of drug-likeness (QED) is 0.404. The van der Waals surface area contributed by atoms with Crippen LogP contribution >= 0.6 is 23.3 Å². The summed E-state index contributed by atoms with van der Waals surface area (Å²) in [6.45, 7) is 1.94. The number of benzene rings is 3. The molecule has 3 aromatic carbocycles. The maximum Gasteiger partial charge on any atom is 0.255 e. The molecule has 5 rings (SSSR count). The third-order valence-corrected chi connectivity index (χ3v) is 5.54. The summed E-state index contributed by atoms with van der Waals surface area (Å²) in [5.74, 6) is 0.250. The summed E-state index contributed by atoms with van der Waals surface area (Å²) in [6.07, 6.45) is 0. The Hall–Kier alpha value is -3.29. The van der Waals surface area contributed by atoms with Gasteiger partial charge in [0.15, 0.2) is 5.58 Å². The van der Waals surface area contributed by atoms with Crippen LogP contribution in [0.1, 0.15) is 15.9 Å². The molecular formula is C21H13ClN4O2S. The third-order valence-electron chi connectivity index (χ3n) is 4.58. The van der Waals surface area contributed by atoms with Crippen molar-refractivity contribution >= 4 is 57.1 Å². The van der Waals surface area contributed by atoms with Crippen molar-refractivity contribution in [3.63, 3.8) is 0 Å². The number of carbonyl (C=O) groups excluding carboxylic acids is 1. The molecule has 1 amide bonds. The Labute approximate surface area is 174 Å². The Morgan fingerprint density at radius 3 is 2.72 bits per heavy atom. The molecule has 0 saturated heterocycles. The topological polar surface area (TPSA) is 80.9 Å². The van der Waals surface area contributed by atoms with Gasteiger partial charge in [-0.1, -0.05) is 17.7 Å². The van der Waals surface area contributed by atoms with Crippen LogP contribution in [0, 0.1) is 6.92 Å². The van der Waals surface area contributed by atoms with Gasteiger partial charge < -0.3 is 9.73 Å². The molecule has 2 aromatic heterocycles. The molecule has 5 aromatic rings. The number of amides is 1. The van der Waals surface area contributed by atoms with Crippen molar-refractivity contribution in [1.29, 1.82) is 0 Å². The Balaban J connectivity index is 1.43. The van der Waals surface area contributed by atoms with Crippen molar-refractivity contribution in [3.8, 4) is 11.5 Å². The van der Waals surface area contributed by atoms with Crippen LogP contribution in [0.4, 0.5) is 5.69 Å². The Morgan fingerprint density at radius 1 is 1.00 bits per heavy atom. The number of hydrogen-bond acceptors (Lipinski definition) is 6. The second-order valence-electron chi connectivity index (χ2n) is 6.59. The average Bonchev–Trinajstić information content (AvgIpc) is 3.35. The van der Waals surface area contributed by atoms with Crippen molar-refractivity contribution in [2.45, 2.75) is 6.92 Å². The standard InChI is InChI=1S/C21H13ClN4O2S/c1-11-2-3-13(8-15(11)22)21-24-18-10-14(5-7-19(18)28-21)23-20(27)12-4-6-16-17(9-12)26-29-25-16/h2-10H,1H3,(H,23,27). The highest BCUT2D eigenvalue weighted by molar-refractivity contribution is 7.00. The highest BCUT2D eigenvalue weighted by atomic mass is 35.5. The molecule has 0 aliphatic heterocycles. The lowest BCUT2D eigenvalue weighted by atomic mass is 10.1. The van der Waals surface area contributed by atoms with Crippen LogP contribution in [0.3, 0.4) is 0 Å². The number of nitrogens with zero attached hydrogens (tertiary/aromatic N) is 3. The van der Waals surface area contributed by atoms with Gasteiger partial charge in [0.25, 0.3) is 5.91 Å². The zero-order valence-electron chi connectivity index (χ0n) is 15.1. The summed E-state index contributed by atoms with van der Waals surface area (Å²) >= 11 is 7.33. The Morgan fingerprint density at radius 2 is 1.86 bits per heavy atom. The fourth-order valence-corrected chi connectivity index (χ4v) is 3.68. The lowest BCUT2D eigenvalue weighted by molar-refractivity contribution is 0.102. The zero-order valence-corrected chi connectivity index (χ0v) is 16.7. The van der Waals surface area contributed by atoms with Crippen LogP contribution < -0.4 is 5.32 Å². The van der Waals surface area contributed by atoms with Crippen molar-refractivity contribution in [2.24, 2.45) is 0 Å². The van der Waals surface area contributed by atoms with Crippen LogP contribution in [-0.4, -0.2) is 19.6 Å². The fourth-order valence-electron chi connectivity index (χ4n) is 2.98. The van der Waals surface area contributed by atoms with Crippen LogP contribution in [0.5, 0.6) is 0 Å². The number of carbonyl (C=O) groups is 1. The van der Waals surface area contributed by atoms with Gasteiger partial charge in [0.1, 0.15) is 16.6 Å². The third kappa shape index (κ3) is 3.35. The van der Waals surface area contributed by atoms with E-state index in [0.29, 0.717) is 38.8 Å². The van der Waals surface area contributed by atoms with Gasteiger partial charge >= 0.3 is 0 Å². The van der Waals surface area contributed by atoms with Crippen molar-refractivity contribution < 1.29 is 9.21 Å². The number of nitrogens with one attached hydrogen (secondary N) is 1. The number of anilines is 1. The van der Waals surface area contributed by atoms with E-state index < -0.39 is 0 Å². The molecule has 0 atom stereocenters. The van der Waals surface area contributed by atoms with Crippen LogP contribution in [-0.2, 0) is 0 Å². The van der Waals surface area contributed by atoms with E-state index in [4.69, 9.17) is 16.0 Å². The van der Waals surface area contributed by atoms with E-state index in [1.807, 2.05) is 25.1 Å². The largest absolute Gasteiger partial charge is 0.436 e. The van der Waals surface area contributed by atoms with Crippen molar-refractivity contribution in [1.82, 2.24) is 13.7 Å². The van der Waals surface area contributed by atoms with Gasteiger partial charge in [-0.3, -0.25) is 4.79 Å². The highest BCUT2D eigenvalue weighted by Gasteiger charge is 2.12. The van der Waals surface area contributed by atoms with E-state index in [1.54, 1.807) is 36.4 Å². The number of oxazole rings is 1. The molecule has 0 radical (unpaired) electrons. The summed E-state index contributed by atoms with van der Waals surface area (Å²) in [4.78, 5) is 17.1. The molecule has 0 spiro atoms. The number of halogens is 1. The Kier molecular flexibility index (Phi) is 4.26. The molecule has 142 valence electrons. The minimum Gasteiger partial charge on any atom is -0.436 e. The molecule has 0 bridgehead atoms. The number of aromatic nitrogens is 3. The SMILES string of the molecule is Cc1ccc(-c2nc3cc(NC(=O)c4ccc5nsnc5c4)ccc3o2)cc1Cl. The fraction of sp³-hybridized carbons (Fsp3) is 0.0476. The summed E-state index contributed by atoms with van der Waals surface area (Å²) in [7, 11) is 0. The molecule has 2 heterocycles. The normalized spacial score (nSPS) is 11.2. The molecule has 0 aliphatic carbocycles. The molecule has 6 nitrogen and oxygen atoms in total. The van der Waals surface area contributed by atoms with E-state index in [-0.39, 0.29) is 5.91 Å². The first-order chi connectivity index (χ1) is 14.1. The summed E-state index contributed by atoms with van der Waals surface area (Å²) in [5.41, 5.74) is 5.69. The Bertz CT molecular complexity index is 1390. The average molecular weight is 421 g/mol. The van der Waals surface area contributed by atoms with Gasteiger partial charge in [0.2, 0.25) is 5.89 Å². The predicted octanol–water partition coefficient (Wildman–Crippen LogP) is 5.71. The van der Waals surface area contributed by atoms with E-state index in [1.165, 1.54) is 0 Å². The number of rotatable bonds is 3. The van der Waals surface area contributed by atoms with E-state index in [9.17, 15) is 4.79 Å². The summed E-state index contributed by atoms with van der Waals surface area (Å²) in [6, 6.07) is 16.2. The van der Waals surface area contributed by atoms with Gasteiger partial charge in [-0.05, 0) is 61.0 Å². The minimum absolute atomic E-state index is 0.228. The molecular weight excluding hydrogens is 408 g/mol. The van der Waals surface area contributed by atoms with E-state index in [2.05, 4.69) is 19.0 Å². The predicted molar refractivity (Wildman–Crippen MR) is 115 cm³/mol. The van der Waals surface area contributed by atoms with Gasteiger partial charge in [0, 0.05) is 21.8 Å². The lowest BCUT2D eigenvalue weighted by Crippen LogP contribution is -2.11. The van der Waals surface area contributed by atoms with Gasteiger partial charge in [-0.15, -0.1) is 0 Å². The molecule has 1 N–H and O–H groups in total. The molecule has 8 heteroatoms. The van der Waals surface area contributed by atoms with Gasteiger partial charge in [0.05, 0.1) is 11.7 Å². The smallest absolute Gasteiger partial charge is 0.255 e. The zero-order chi connectivity index (χ0) is 20.0. The second kappa shape index (κ2) is 6.95. The van der Waals surface area contributed by atoms with Crippen LogP contribution in [0.2, 0.25) is 5.02 Å². The molecule has 0 unspecified atom stereocenters.